The molecule has 0 amide bonds. The highest BCUT2D eigenvalue weighted by atomic mass is 35.5. The highest BCUT2D eigenvalue weighted by molar-refractivity contribution is 6.30. The normalized spacial score (nSPS) is 12.8. The maximum absolute atomic E-state index is 6.09. The molecule has 0 heterocycles. The van der Waals surface area contributed by atoms with Crippen LogP contribution in [0, 0.1) is 11.8 Å². The van der Waals surface area contributed by atoms with Gasteiger partial charge in [0.05, 0.1) is 0 Å². The third-order valence-corrected chi connectivity index (χ3v) is 3.85. The van der Waals surface area contributed by atoms with Crippen LogP contribution < -0.4 is 5.32 Å². The summed E-state index contributed by atoms with van der Waals surface area (Å²) >= 11 is 6.09. The Kier molecular flexibility index (Phi) is 8.97. The summed E-state index contributed by atoms with van der Waals surface area (Å²) in [5, 5.41) is 4.47. The minimum atomic E-state index is 0.720. The Morgan fingerprint density at radius 1 is 1.15 bits per heavy atom. The second-order valence-electron chi connectivity index (χ2n) is 6.25. The van der Waals surface area contributed by atoms with Crippen molar-refractivity contribution in [3.05, 3.63) is 34.9 Å². The summed E-state index contributed by atoms with van der Waals surface area (Å²) in [6.45, 7) is 9.02. The number of unbranched alkanes of at least 4 members (excludes halogenated alkanes) is 2. The molecule has 0 aliphatic carbocycles. The molecule has 1 aromatic rings. The van der Waals surface area contributed by atoms with Gasteiger partial charge < -0.3 is 5.32 Å². The van der Waals surface area contributed by atoms with Gasteiger partial charge in [-0.25, -0.2) is 0 Å². The lowest BCUT2D eigenvalue weighted by molar-refractivity contribution is 0.409. The van der Waals surface area contributed by atoms with E-state index in [4.69, 9.17) is 11.6 Å². The number of hydrogen-bond donors (Lipinski definition) is 1. The van der Waals surface area contributed by atoms with Gasteiger partial charge in [-0.15, -0.1) is 0 Å². The number of rotatable bonds is 10. The molecule has 1 atom stereocenters. The fourth-order valence-corrected chi connectivity index (χ4v) is 2.75. The van der Waals surface area contributed by atoms with Gasteiger partial charge in [-0.3, -0.25) is 0 Å². The van der Waals surface area contributed by atoms with Gasteiger partial charge in [0.25, 0.3) is 0 Å². The summed E-state index contributed by atoms with van der Waals surface area (Å²) in [5.41, 5.74) is 1.37. The van der Waals surface area contributed by atoms with E-state index >= 15 is 0 Å². The van der Waals surface area contributed by atoms with Gasteiger partial charge in [0.1, 0.15) is 0 Å². The van der Waals surface area contributed by atoms with Crippen LogP contribution in [0.25, 0.3) is 0 Å². The summed E-state index contributed by atoms with van der Waals surface area (Å²) in [5.74, 6) is 1.44. The van der Waals surface area contributed by atoms with E-state index in [-0.39, 0.29) is 0 Å². The Balaban J connectivity index is 2.47. The van der Waals surface area contributed by atoms with Crippen molar-refractivity contribution in [3.8, 4) is 0 Å². The molecular formula is C18H30ClN. The van der Waals surface area contributed by atoms with Crippen molar-refractivity contribution in [2.24, 2.45) is 11.8 Å². The predicted molar refractivity (Wildman–Crippen MR) is 90.5 cm³/mol. The van der Waals surface area contributed by atoms with Crippen molar-refractivity contribution >= 4 is 11.6 Å². The van der Waals surface area contributed by atoms with E-state index in [1.807, 2.05) is 6.07 Å². The van der Waals surface area contributed by atoms with Gasteiger partial charge in [-0.2, -0.15) is 0 Å². The molecule has 1 aromatic carbocycles. The topological polar surface area (TPSA) is 12.0 Å². The van der Waals surface area contributed by atoms with Crippen LogP contribution in [0.1, 0.15) is 52.0 Å². The first kappa shape index (κ1) is 17.5. The van der Waals surface area contributed by atoms with Gasteiger partial charge in [-0.05, 0) is 55.5 Å². The Morgan fingerprint density at radius 3 is 2.60 bits per heavy atom. The van der Waals surface area contributed by atoms with E-state index in [0.717, 1.165) is 36.4 Å². The molecule has 1 nitrogen and oxygen atoms in total. The van der Waals surface area contributed by atoms with Crippen LogP contribution in [-0.2, 0) is 6.42 Å². The Labute approximate surface area is 130 Å². The second-order valence-corrected chi connectivity index (χ2v) is 6.68. The highest BCUT2D eigenvalue weighted by Crippen LogP contribution is 2.18. The zero-order valence-corrected chi connectivity index (χ0v) is 14.0. The molecule has 1 N–H and O–H groups in total. The molecule has 0 spiro atoms. The maximum Gasteiger partial charge on any atom is 0.0408 e. The average Bonchev–Trinajstić information content (AvgIpc) is 2.38. The molecule has 0 aliphatic heterocycles. The minimum absolute atomic E-state index is 0.720. The minimum Gasteiger partial charge on any atom is -0.316 e. The summed E-state index contributed by atoms with van der Waals surface area (Å²) in [6, 6.07) is 8.31. The van der Waals surface area contributed by atoms with E-state index in [0.29, 0.717) is 0 Å². The lowest BCUT2D eigenvalue weighted by Gasteiger charge is -2.19. The number of benzene rings is 1. The van der Waals surface area contributed by atoms with Crippen molar-refractivity contribution in [1.29, 1.82) is 0 Å². The molecule has 0 saturated heterocycles. The molecule has 1 rings (SSSR count). The van der Waals surface area contributed by atoms with E-state index in [1.54, 1.807) is 0 Å². The average molecular weight is 296 g/mol. The third kappa shape index (κ3) is 7.91. The highest BCUT2D eigenvalue weighted by Gasteiger charge is 2.10. The van der Waals surface area contributed by atoms with Crippen LogP contribution in [0.3, 0.4) is 0 Å². The first-order valence-electron chi connectivity index (χ1n) is 8.07. The molecule has 0 saturated carbocycles. The smallest absolute Gasteiger partial charge is 0.0408 e. The fraction of sp³-hybridized carbons (Fsp3) is 0.667. The molecule has 0 radical (unpaired) electrons. The van der Waals surface area contributed by atoms with Crippen molar-refractivity contribution < 1.29 is 0 Å². The van der Waals surface area contributed by atoms with Gasteiger partial charge in [0, 0.05) is 5.02 Å². The van der Waals surface area contributed by atoms with Gasteiger partial charge in [-0.1, -0.05) is 63.8 Å². The van der Waals surface area contributed by atoms with Crippen LogP contribution in [0.15, 0.2) is 24.3 Å². The zero-order valence-electron chi connectivity index (χ0n) is 13.3. The van der Waals surface area contributed by atoms with Crippen molar-refractivity contribution in [3.63, 3.8) is 0 Å². The summed E-state index contributed by atoms with van der Waals surface area (Å²) in [6.07, 6.45) is 6.42. The van der Waals surface area contributed by atoms with Crippen LogP contribution in [0.2, 0.25) is 5.02 Å². The van der Waals surface area contributed by atoms with Crippen molar-refractivity contribution in [2.75, 3.05) is 13.1 Å². The molecule has 2 heteroatoms. The quantitative estimate of drug-likeness (QED) is 0.576. The van der Waals surface area contributed by atoms with E-state index < -0.39 is 0 Å². The van der Waals surface area contributed by atoms with Gasteiger partial charge in [0.15, 0.2) is 0 Å². The van der Waals surface area contributed by atoms with Crippen molar-refractivity contribution in [2.45, 2.75) is 52.9 Å². The monoisotopic (exact) mass is 295 g/mol. The second kappa shape index (κ2) is 10.2. The summed E-state index contributed by atoms with van der Waals surface area (Å²) in [4.78, 5) is 0. The van der Waals surface area contributed by atoms with Gasteiger partial charge in [0.2, 0.25) is 0 Å². The first-order valence-corrected chi connectivity index (χ1v) is 8.44. The summed E-state index contributed by atoms with van der Waals surface area (Å²) < 4.78 is 0. The van der Waals surface area contributed by atoms with Crippen molar-refractivity contribution in [1.82, 2.24) is 5.32 Å². The van der Waals surface area contributed by atoms with Crippen LogP contribution in [0.5, 0.6) is 0 Å². The lowest BCUT2D eigenvalue weighted by atomic mass is 9.93. The Hall–Kier alpha value is -0.530. The molecule has 0 bridgehead atoms. The van der Waals surface area contributed by atoms with E-state index in [9.17, 15) is 0 Å². The number of halogens is 1. The fourth-order valence-electron chi connectivity index (χ4n) is 2.53. The van der Waals surface area contributed by atoms with Gasteiger partial charge >= 0.3 is 0 Å². The molecule has 0 aromatic heterocycles. The molecule has 1 unspecified atom stereocenters. The van der Waals surface area contributed by atoms with Crippen LogP contribution >= 0.6 is 11.6 Å². The Morgan fingerprint density at radius 2 is 1.95 bits per heavy atom. The maximum atomic E-state index is 6.09. The third-order valence-electron chi connectivity index (χ3n) is 3.61. The SMILES string of the molecule is CCCCCC(CNCC(C)C)Cc1cccc(Cl)c1. The molecule has 0 aliphatic rings. The molecule has 0 fully saturated rings. The molecular weight excluding hydrogens is 266 g/mol. The number of hydrogen-bond acceptors (Lipinski definition) is 1. The Bertz CT molecular complexity index is 362. The van der Waals surface area contributed by atoms with Crippen LogP contribution in [-0.4, -0.2) is 13.1 Å². The molecule has 114 valence electrons. The van der Waals surface area contributed by atoms with Crippen LogP contribution in [0.4, 0.5) is 0 Å². The summed E-state index contributed by atoms with van der Waals surface area (Å²) in [7, 11) is 0. The lowest BCUT2D eigenvalue weighted by Crippen LogP contribution is -2.27. The largest absolute Gasteiger partial charge is 0.316 e. The first-order chi connectivity index (χ1) is 9.61. The standard InChI is InChI=1S/C18H30ClN/c1-4-5-6-8-17(14-20-13-15(2)3)11-16-9-7-10-18(19)12-16/h7,9-10,12,15,17,20H,4-6,8,11,13-14H2,1-3H3. The van der Waals surface area contributed by atoms with E-state index in [2.05, 4.69) is 44.3 Å². The number of nitrogens with one attached hydrogen (secondary N) is 1. The zero-order chi connectivity index (χ0) is 14.8. The molecule has 20 heavy (non-hydrogen) atoms. The van der Waals surface area contributed by atoms with E-state index in [1.165, 1.54) is 31.2 Å². The predicted octanol–water partition coefficient (Wildman–Crippen LogP) is 5.32.